The van der Waals surface area contributed by atoms with Crippen molar-refractivity contribution in [3.05, 3.63) is 70.3 Å². The fraction of sp³-hybridized carbons (Fsp3) is 0.278. The molecule has 0 aromatic heterocycles. The maximum atomic E-state index is 12.3. The third-order valence-electron chi connectivity index (χ3n) is 3.77. The van der Waals surface area contributed by atoms with Crippen molar-refractivity contribution in [1.82, 2.24) is 5.32 Å². The standard InChI is InChI=1S/C18H21NO/c1-12-9-10-16(11-14(12)3)15(4)19-18(20)17-8-6-5-7-13(17)2/h5-11,15H,1-4H3,(H,19,20)/t15-/m1/s1. The molecule has 1 N–H and O–H groups in total. The van der Waals surface area contributed by atoms with Gasteiger partial charge < -0.3 is 5.32 Å². The highest BCUT2D eigenvalue weighted by molar-refractivity contribution is 5.95. The molecular weight excluding hydrogens is 246 g/mol. The first-order valence-electron chi connectivity index (χ1n) is 6.92. The lowest BCUT2D eigenvalue weighted by molar-refractivity contribution is 0.0939. The van der Waals surface area contributed by atoms with Crippen molar-refractivity contribution in [2.24, 2.45) is 0 Å². The van der Waals surface area contributed by atoms with Crippen LogP contribution in [0.15, 0.2) is 42.5 Å². The first-order valence-corrected chi connectivity index (χ1v) is 6.92. The van der Waals surface area contributed by atoms with E-state index in [1.54, 1.807) is 0 Å². The lowest BCUT2D eigenvalue weighted by atomic mass is 10.0. The van der Waals surface area contributed by atoms with Gasteiger partial charge in [-0.05, 0) is 56.0 Å². The Morgan fingerprint density at radius 2 is 1.65 bits per heavy atom. The molecule has 2 aromatic rings. The van der Waals surface area contributed by atoms with Gasteiger partial charge in [-0.25, -0.2) is 0 Å². The predicted octanol–water partition coefficient (Wildman–Crippen LogP) is 4.10. The van der Waals surface area contributed by atoms with E-state index in [2.05, 4.69) is 37.4 Å². The maximum Gasteiger partial charge on any atom is 0.252 e. The van der Waals surface area contributed by atoms with Gasteiger partial charge in [0.25, 0.3) is 5.91 Å². The summed E-state index contributed by atoms with van der Waals surface area (Å²) in [5, 5.41) is 3.06. The van der Waals surface area contributed by atoms with Crippen LogP contribution in [0.5, 0.6) is 0 Å². The van der Waals surface area contributed by atoms with E-state index in [1.165, 1.54) is 11.1 Å². The third kappa shape index (κ3) is 3.08. The molecule has 2 aromatic carbocycles. The minimum atomic E-state index is -0.0196. The molecule has 0 aliphatic rings. The van der Waals surface area contributed by atoms with E-state index < -0.39 is 0 Å². The molecule has 0 bridgehead atoms. The first kappa shape index (κ1) is 14.3. The Balaban J connectivity index is 2.15. The quantitative estimate of drug-likeness (QED) is 0.891. The van der Waals surface area contributed by atoms with Crippen LogP contribution in [0.25, 0.3) is 0 Å². The summed E-state index contributed by atoms with van der Waals surface area (Å²) in [6.45, 7) is 8.15. The van der Waals surface area contributed by atoms with Crippen molar-refractivity contribution >= 4 is 5.91 Å². The number of nitrogens with one attached hydrogen (secondary N) is 1. The second-order valence-corrected chi connectivity index (χ2v) is 5.35. The molecule has 1 atom stereocenters. The van der Waals surface area contributed by atoms with Crippen molar-refractivity contribution in [2.75, 3.05) is 0 Å². The normalized spacial score (nSPS) is 12.0. The molecule has 2 heteroatoms. The molecule has 0 saturated heterocycles. The minimum Gasteiger partial charge on any atom is -0.346 e. The molecule has 104 valence electrons. The van der Waals surface area contributed by atoms with Gasteiger partial charge in [-0.2, -0.15) is 0 Å². The minimum absolute atomic E-state index is 0.00130. The Labute approximate surface area is 120 Å². The van der Waals surface area contributed by atoms with E-state index in [0.717, 1.165) is 16.7 Å². The fourth-order valence-corrected chi connectivity index (χ4v) is 2.22. The molecule has 2 nitrogen and oxygen atoms in total. The molecule has 2 rings (SSSR count). The summed E-state index contributed by atoms with van der Waals surface area (Å²) in [5.74, 6) is -0.0196. The van der Waals surface area contributed by atoms with E-state index in [-0.39, 0.29) is 11.9 Å². The van der Waals surface area contributed by atoms with Gasteiger partial charge in [-0.15, -0.1) is 0 Å². The molecule has 0 unspecified atom stereocenters. The molecule has 0 aliphatic carbocycles. The van der Waals surface area contributed by atoms with Crippen LogP contribution in [0.4, 0.5) is 0 Å². The lowest BCUT2D eigenvalue weighted by Gasteiger charge is -2.16. The van der Waals surface area contributed by atoms with Gasteiger partial charge in [0.05, 0.1) is 6.04 Å². The van der Waals surface area contributed by atoms with Crippen molar-refractivity contribution < 1.29 is 4.79 Å². The summed E-state index contributed by atoms with van der Waals surface area (Å²) in [6.07, 6.45) is 0. The van der Waals surface area contributed by atoms with Gasteiger partial charge in [0.2, 0.25) is 0 Å². The number of rotatable bonds is 3. The SMILES string of the molecule is Cc1ccc([C@@H](C)NC(=O)c2ccccc2C)cc1C. The summed E-state index contributed by atoms with van der Waals surface area (Å²) >= 11 is 0. The maximum absolute atomic E-state index is 12.3. The van der Waals surface area contributed by atoms with Gasteiger partial charge in [0.15, 0.2) is 0 Å². The highest BCUT2D eigenvalue weighted by atomic mass is 16.1. The summed E-state index contributed by atoms with van der Waals surface area (Å²) in [7, 11) is 0. The zero-order valence-electron chi connectivity index (χ0n) is 12.5. The first-order chi connectivity index (χ1) is 9.49. The molecule has 0 heterocycles. The Morgan fingerprint density at radius 1 is 0.950 bits per heavy atom. The number of hydrogen-bond donors (Lipinski definition) is 1. The van der Waals surface area contributed by atoms with Crippen molar-refractivity contribution in [1.29, 1.82) is 0 Å². The summed E-state index contributed by atoms with van der Waals surface area (Å²) in [5.41, 5.74) is 5.39. The second kappa shape index (κ2) is 5.91. The average Bonchev–Trinajstić information content (AvgIpc) is 2.42. The van der Waals surface area contributed by atoms with Crippen molar-refractivity contribution in [2.45, 2.75) is 33.7 Å². The lowest BCUT2D eigenvalue weighted by Crippen LogP contribution is -2.27. The van der Waals surface area contributed by atoms with Crippen LogP contribution < -0.4 is 5.32 Å². The van der Waals surface area contributed by atoms with Crippen LogP contribution in [-0.4, -0.2) is 5.91 Å². The Bertz CT molecular complexity index is 631. The van der Waals surface area contributed by atoms with E-state index in [0.29, 0.717) is 0 Å². The largest absolute Gasteiger partial charge is 0.346 e. The van der Waals surface area contributed by atoms with Gasteiger partial charge in [-0.1, -0.05) is 36.4 Å². The van der Waals surface area contributed by atoms with Crippen LogP contribution in [0, 0.1) is 20.8 Å². The van der Waals surface area contributed by atoms with Crippen LogP contribution in [0.2, 0.25) is 0 Å². The van der Waals surface area contributed by atoms with Crippen LogP contribution in [0.1, 0.15) is 45.6 Å². The number of benzene rings is 2. The molecule has 0 saturated carbocycles. The zero-order valence-corrected chi connectivity index (χ0v) is 12.5. The smallest absolute Gasteiger partial charge is 0.252 e. The summed E-state index contributed by atoms with van der Waals surface area (Å²) in [6, 6.07) is 14.0. The van der Waals surface area contributed by atoms with E-state index in [9.17, 15) is 4.79 Å². The number of aryl methyl sites for hydroxylation is 3. The zero-order chi connectivity index (χ0) is 14.7. The Morgan fingerprint density at radius 3 is 2.30 bits per heavy atom. The van der Waals surface area contributed by atoms with Gasteiger partial charge in [-0.3, -0.25) is 4.79 Å². The average molecular weight is 267 g/mol. The molecular formula is C18H21NO. The number of amides is 1. The van der Waals surface area contributed by atoms with Gasteiger partial charge >= 0.3 is 0 Å². The fourth-order valence-electron chi connectivity index (χ4n) is 2.22. The van der Waals surface area contributed by atoms with E-state index in [4.69, 9.17) is 0 Å². The second-order valence-electron chi connectivity index (χ2n) is 5.35. The van der Waals surface area contributed by atoms with Gasteiger partial charge in [0, 0.05) is 5.56 Å². The number of carbonyl (C=O) groups is 1. The molecule has 0 radical (unpaired) electrons. The molecule has 0 aliphatic heterocycles. The van der Waals surface area contributed by atoms with Crippen molar-refractivity contribution in [3.63, 3.8) is 0 Å². The highest BCUT2D eigenvalue weighted by Crippen LogP contribution is 2.17. The van der Waals surface area contributed by atoms with Gasteiger partial charge in [0.1, 0.15) is 0 Å². The van der Waals surface area contributed by atoms with Crippen molar-refractivity contribution in [3.8, 4) is 0 Å². The topological polar surface area (TPSA) is 29.1 Å². The summed E-state index contributed by atoms with van der Waals surface area (Å²) in [4.78, 5) is 12.3. The molecule has 0 fully saturated rings. The summed E-state index contributed by atoms with van der Waals surface area (Å²) < 4.78 is 0. The van der Waals surface area contributed by atoms with E-state index in [1.807, 2.05) is 38.1 Å². The Hall–Kier alpha value is -2.09. The third-order valence-corrected chi connectivity index (χ3v) is 3.77. The number of carbonyl (C=O) groups excluding carboxylic acids is 1. The monoisotopic (exact) mass is 267 g/mol. The van der Waals surface area contributed by atoms with Crippen LogP contribution in [0.3, 0.4) is 0 Å². The highest BCUT2D eigenvalue weighted by Gasteiger charge is 2.13. The predicted molar refractivity (Wildman–Crippen MR) is 83.0 cm³/mol. The molecule has 0 spiro atoms. The molecule has 20 heavy (non-hydrogen) atoms. The Kier molecular flexibility index (Phi) is 4.23. The van der Waals surface area contributed by atoms with Crippen LogP contribution in [-0.2, 0) is 0 Å². The number of hydrogen-bond acceptors (Lipinski definition) is 1. The molecule has 1 amide bonds. The van der Waals surface area contributed by atoms with E-state index >= 15 is 0 Å². The van der Waals surface area contributed by atoms with Crippen LogP contribution >= 0.6 is 0 Å².